The van der Waals surface area contributed by atoms with E-state index in [1.807, 2.05) is 42.2 Å². The maximum Gasteiger partial charge on any atom is 0.312 e. The number of ether oxygens (including phenoxy) is 2. The van der Waals surface area contributed by atoms with Crippen LogP contribution in [0.1, 0.15) is 70.3 Å². The molecule has 1 spiro atoms. The standard InChI is InChI=1S/C34H46N2O6/c1-4-6-13-21-41-32(40)28-27-30(38)36(26(23-37)22-24-14-9-7-10-15-24)29(34(27)19-18-33(28,3)42-34)31(39)35(20-5-2)25-16-11-8-12-17-25/h4-5,7,9-10,14-15,25-29,37H,1-2,6,8,11-13,16-23H2,3H3/t26-,27+,28-,29?,33+,34?/m1/s1. The van der Waals surface area contributed by atoms with Crippen molar-refractivity contribution in [1.29, 1.82) is 0 Å². The number of nitrogens with zero attached hydrogens (tertiary/aromatic N) is 2. The quantitative estimate of drug-likeness (QED) is 0.214. The van der Waals surface area contributed by atoms with E-state index in [-0.39, 0.29) is 31.1 Å². The molecule has 1 aromatic carbocycles. The van der Waals surface area contributed by atoms with Gasteiger partial charge in [0.15, 0.2) is 0 Å². The topological polar surface area (TPSA) is 96.4 Å². The van der Waals surface area contributed by atoms with Gasteiger partial charge >= 0.3 is 5.97 Å². The lowest BCUT2D eigenvalue weighted by Crippen LogP contribution is -2.60. The van der Waals surface area contributed by atoms with Gasteiger partial charge in [0, 0.05) is 12.6 Å². The fraction of sp³-hybridized carbons (Fsp3) is 0.618. The number of amides is 2. The number of allylic oxidation sites excluding steroid dienone is 1. The summed E-state index contributed by atoms with van der Waals surface area (Å²) >= 11 is 0. The van der Waals surface area contributed by atoms with E-state index in [2.05, 4.69) is 13.2 Å². The van der Waals surface area contributed by atoms with Crippen LogP contribution in [0, 0.1) is 11.8 Å². The lowest BCUT2D eigenvalue weighted by Gasteiger charge is -2.42. The van der Waals surface area contributed by atoms with Crippen LogP contribution in [0.15, 0.2) is 55.6 Å². The van der Waals surface area contributed by atoms with Crippen molar-refractivity contribution in [3.8, 4) is 0 Å². The molecule has 8 nitrogen and oxygen atoms in total. The van der Waals surface area contributed by atoms with Gasteiger partial charge in [0.1, 0.15) is 17.6 Å². The molecule has 1 saturated carbocycles. The predicted molar refractivity (Wildman–Crippen MR) is 159 cm³/mol. The molecule has 8 heteroatoms. The van der Waals surface area contributed by atoms with Crippen LogP contribution < -0.4 is 0 Å². The Balaban J connectivity index is 1.54. The first-order valence-corrected chi connectivity index (χ1v) is 15.7. The highest BCUT2D eigenvalue weighted by Gasteiger charge is 2.79. The zero-order chi connectivity index (χ0) is 29.9. The molecule has 5 rings (SSSR count). The zero-order valence-corrected chi connectivity index (χ0v) is 24.9. The molecule has 3 aliphatic heterocycles. The second-order valence-electron chi connectivity index (χ2n) is 12.7. The van der Waals surface area contributed by atoms with Crippen molar-refractivity contribution in [3.63, 3.8) is 0 Å². The molecule has 228 valence electrons. The number of aliphatic hydroxyl groups excluding tert-OH is 1. The molecule has 0 aromatic heterocycles. The molecule has 6 atom stereocenters. The number of hydrogen-bond donors (Lipinski definition) is 1. The summed E-state index contributed by atoms with van der Waals surface area (Å²) in [7, 11) is 0. The van der Waals surface area contributed by atoms with E-state index in [0.29, 0.717) is 32.2 Å². The van der Waals surface area contributed by atoms with Gasteiger partial charge in [0.25, 0.3) is 0 Å². The van der Waals surface area contributed by atoms with Gasteiger partial charge in [-0.3, -0.25) is 14.4 Å². The first-order chi connectivity index (χ1) is 20.3. The molecular weight excluding hydrogens is 532 g/mol. The Morgan fingerprint density at radius 2 is 1.90 bits per heavy atom. The number of fused-ring (bicyclic) bond motifs is 1. The van der Waals surface area contributed by atoms with E-state index in [4.69, 9.17) is 9.47 Å². The second-order valence-corrected chi connectivity index (χ2v) is 12.7. The van der Waals surface area contributed by atoms with Crippen molar-refractivity contribution >= 4 is 17.8 Å². The van der Waals surface area contributed by atoms with Crippen LogP contribution in [0.5, 0.6) is 0 Å². The predicted octanol–water partition coefficient (Wildman–Crippen LogP) is 4.21. The molecule has 42 heavy (non-hydrogen) atoms. The SMILES string of the molecule is C=CCCCOC(=O)[C@H]1[C@H]2C(=O)N([C@@H](CO)Cc3ccccc3)C(C(=O)N(CC=C)C3CCCCC3)C23CC[C@]1(C)O3. The van der Waals surface area contributed by atoms with E-state index in [1.54, 1.807) is 17.1 Å². The highest BCUT2D eigenvalue weighted by atomic mass is 16.6. The minimum atomic E-state index is -1.16. The average Bonchev–Trinajstić information content (AvgIpc) is 3.58. The largest absolute Gasteiger partial charge is 0.465 e. The van der Waals surface area contributed by atoms with E-state index in [1.165, 1.54) is 0 Å². The van der Waals surface area contributed by atoms with Crippen molar-refractivity contribution in [3.05, 3.63) is 61.2 Å². The van der Waals surface area contributed by atoms with Crippen LogP contribution in [0.3, 0.4) is 0 Å². The van der Waals surface area contributed by atoms with E-state index >= 15 is 0 Å². The molecule has 3 heterocycles. The lowest BCUT2D eigenvalue weighted by molar-refractivity contribution is -0.162. The molecule has 1 aromatic rings. The Morgan fingerprint density at radius 1 is 1.17 bits per heavy atom. The first-order valence-electron chi connectivity index (χ1n) is 15.7. The third-order valence-corrected chi connectivity index (χ3v) is 10.0. The van der Waals surface area contributed by atoms with Crippen LogP contribution in [-0.2, 0) is 30.3 Å². The van der Waals surface area contributed by atoms with Crippen molar-refractivity contribution in [1.82, 2.24) is 9.80 Å². The third kappa shape index (κ3) is 5.32. The Hall–Kier alpha value is -2.97. The number of carbonyl (C=O) groups is 3. The number of esters is 1. The van der Waals surface area contributed by atoms with Crippen LogP contribution in [0.25, 0.3) is 0 Å². The average molecular weight is 579 g/mol. The molecule has 1 N–H and O–H groups in total. The molecular formula is C34H46N2O6. The van der Waals surface area contributed by atoms with E-state index in [9.17, 15) is 19.5 Å². The molecule has 3 saturated heterocycles. The van der Waals surface area contributed by atoms with E-state index < -0.39 is 41.1 Å². The zero-order valence-electron chi connectivity index (χ0n) is 24.9. The fourth-order valence-electron chi connectivity index (χ4n) is 8.13. The summed E-state index contributed by atoms with van der Waals surface area (Å²) in [5.41, 5.74) is -1.11. The molecule has 1 aliphatic carbocycles. The maximum atomic E-state index is 14.8. The summed E-state index contributed by atoms with van der Waals surface area (Å²) in [5, 5.41) is 10.7. The van der Waals surface area contributed by atoms with Gasteiger partial charge in [-0.15, -0.1) is 13.2 Å². The number of likely N-dealkylation sites (tertiary alicyclic amines) is 1. The molecule has 4 fully saturated rings. The number of benzene rings is 1. The van der Waals surface area contributed by atoms with Crippen LogP contribution >= 0.6 is 0 Å². The van der Waals surface area contributed by atoms with E-state index in [0.717, 1.165) is 44.1 Å². The van der Waals surface area contributed by atoms with Crippen molar-refractivity contribution < 1.29 is 29.0 Å². The second kappa shape index (κ2) is 12.7. The summed E-state index contributed by atoms with van der Waals surface area (Å²) in [6, 6.07) is 8.13. The molecule has 4 aliphatic rings. The Labute approximate surface area is 249 Å². The van der Waals surface area contributed by atoms with Crippen molar-refractivity contribution in [2.24, 2.45) is 11.8 Å². The van der Waals surface area contributed by atoms with Gasteiger partial charge < -0.3 is 24.4 Å². The Kier molecular flexibility index (Phi) is 9.23. The van der Waals surface area contributed by atoms with Crippen LogP contribution in [0.4, 0.5) is 0 Å². The number of carbonyl (C=O) groups excluding carboxylic acids is 3. The van der Waals surface area contributed by atoms with Gasteiger partial charge in [0.05, 0.1) is 30.8 Å². The molecule has 2 unspecified atom stereocenters. The normalized spacial score (nSPS) is 31.0. The van der Waals surface area contributed by atoms with Gasteiger partial charge in [-0.1, -0.05) is 61.7 Å². The summed E-state index contributed by atoms with van der Waals surface area (Å²) < 4.78 is 12.5. The number of rotatable bonds is 13. The summed E-state index contributed by atoms with van der Waals surface area (Å²) in [6.45, 7) is 9.83. The van der Waals surface area contributed by atoms with Crippen molar-refractivity contribution in [2.75, 3.05) is 19.8 Å². The van der Waals surface area contributed by atoms with Crippen molar-refractivity contribution in [2.45, 2.75) is 100 Å². The fourth-order valence-corrected chi connectivity index (χ4v) is 8.13. The summed E-state index contributed by atoms with van der Waals surface area (Å²) in [6.07, 6.45) is 11.4. The molecule has 2 bridgehead atoms. The Morgan fingerprint density at radius 3 is 2.57 bits per heavy atom. The van der Waals surface area contributed by atoms with Gasteiger partial charge in [-0.25, -0.2) is 0 Å². The Bertz CT molecular complexity index is 1170. The lowest BCUT2D eigenvalue weighted by atomic mass is 9.66. The monoisotopic (exact) mass is 578 g/mol. The number of hydrogen-bond acceptors (Lipinski definition) is 6. The third-order valence-electron chi connectivity index (χ3n) is 10.0. The highest BCUT2D eigenvalue weighted by Crippen LogP contribution is 2.64. The maximum absolute atomic E-state index is 14.8. The van der Waals surface area contributed by atoms with Gasteiger partial charge in [-0.2, -0.15) is 0 Å². The van der Waals surface area contributed by atoms with Crippen LogP contribution in [0.2, 0.25) is 0 Å². The minimum Gasteiger partial charge on any atom is -0.465 e. The molecule has 0 radical (unpaired) electrons. The minimum absolute atomic E-state index is 0.0539. The highest BCUT2D eigenvalue weighted by molar-refractivity contribution is 5.99. The first kappa shape index (κ1) is 30.5. The summed E-state index contributed by atoms with van der Waals surface area (Å²) in [4.78, 5) is 46.5. The summed E-state index contributed by atoms with van der Waals surface area (Å²) in [5.74, 6) is -2.59. The number of aliphatic hydroxyl groups is 1. The van der Waals surface area contributed by atoms with Gasteiger partial charge in [0.2, 0.25) is 11.8 Å². The number of unbranched alkanes of at least 4 members (excludes halogenated alkanes) is 1. The smallest absolute Gasteiger partial charge is 0.312 e. The van der Waals surface area contributed by atoms with Crippen LogP contribution in [-0.4, -0.2) is 81.8 Å². The van der Waals surface area contributed by atoms with Gasteiger partial charge in [-0.05, 0) is 57.4 Å². The molecule has 2 amide bonds.